The lowest BCUT2D eigenvalue weighted by Gasteiger charge is -2.35. The number of nitrogens with one attached hydrogen (secondary N) is 1. The SMILES string of the molecule is COc1ccc2ncc(=O)n(CCN3CCC(=O)C(F)C3)c2c1.COc1ccc2ncc(=O)n(CCN3CCC(NCc4cc5c(cn4)OCCO5)C(F)C3)c2c1. The summed E-state index contributed by atoms with van der Waals surface area (Å²) in [7, 11) is 3.15. The van der Waals surface area contributed by atoms with Crippen molar-refractivity contribution in [1.82, 2.24) is 39.2 Å². The van der Waals surface area contributed by atoms with Gasteiger partial charge in [0, 0.05) is 83.0 Å². The van der Waals surface area contributed by atoms with Crippen molar-refractivity contribution in [2.45, 2.75) is 50.9 Å². The lowest BCUT2D eigenvalue weighted by molar-refractivity contribution is -0.127. The fourth-order valence-electron chi connectivity index (χ4n) is 7.25. The summed E-state index contributed by atoms with van der Waals surface area (Å²) in [5.41, 5.74) is 3.21. The second kappa shape index (κ2) is 18.2. The van der Waals surface area contributed by atoms with Gasteiger partial charge in [-0.3, -0.25) is 29.2 Å². The zero-order chi connectivity index (χ0) is 39.9. The number of pyridine rings is 1. The number of ketones is 1. The minimum atomic E-state index is -1.42. The summed E-state index contributed by atoms with van der Waals surface area (Å²) in [5.74, 6) is 2.30. The van der Waals surface area contributed by atoms with Crippen molar-refractivity contribution < 1.29 is 32.5 Å². The number of fused-ring (bicyclic) bond motifs is 3. The highest BCUT2D eigenvalue weighted by Crippen LogP contribution is 2.29. The second-order valence-electron chi connectivity index (χ2n) is 14.1. The highest BCUT2D eigenvalue weighted by atomic mass is 19.1. The molecule has 2 saturated heterocycles. The summed E-state index contributed by atoms with van der Waals surface area (Å²) in [5, 5.41) is 3.30. The molecular formula is C40H46F2N8O7. The highest BCUT2D eigenvalue weighted by Gasteiger charge is 2.29. The number of ether oxygens (including phenoxy) is 4. The maximum Gasteiger partial charge on any atom is 0.269 e. The van der Waals surface area contributed by atoms with E-state index in [0.717, 1.165) is 17.8 Å². The first-order chi connectivity index (χ1) is 27.7. The fraction of sp³-hybridized carbons (Fsp3) is 0.450. The minimum Gasteiger partial charge on any atom is -0.497 e. The van der Waals surface area contributed by atoms with Crippen LogP contribution in [0.15, 0.2) is 70.6 Å². The molecule has 3 atom stereocenters. The van der Waals surface area contributed by atoms with Gasteiger partial charge in [-0.15, -0.1) is 0 Å². The van der Waals surface area contributed by atoms with Crippen LogP contribution in [0.25, 0.3) is 22.1 Å². The van der Waals surface area contributed by atoms with Gasteiger partial charge in [0.1, 0.15) is 30.9 Å². The molecule has 17 heteroatoms. The molecule has 3 unspecified atom stereocenters. The Kier molecular flexibility index (Phi) is 12.7. The Balaban J connectivity index is 0.000000188. The molecule has 0 amide bonds. The van der Waals surface area contributed by atoms with E-state index in [4.69, 9.17) is 18.9 Å². The van der Waals surface area contributed by atoms with Gasteiger partial charge >= 0.3 is 0 Å². The number of nitrogens with zero attached hydrogens (tertiary/aromatic N) is 7. The van der Waals surface area contributed by atoms with Gasteiger partial charge < -0.3 is 33.4 Å². The largest absolute Gasteiger partial charge is 0.497 e. The molecule has 5 aromatic rings. The molecule has 0 spiro atoms. The van der Waals surface area contributed by atoms with Gasteiger partial charge in [-0.1, -0.05) is 0 Å². The van der Waals surface area contributed by atoms with Gasteiger partial charge in [-0.25, -0.2) is 18.7 Å². The van der Waals surface area contributed by atoms with Crippen LogP contribution in [0.4, 0.5) is 8.78 Å². The van der Waals surface area contributed by atoms with E-state index in [1.54, 1.807) is 47.7 Å². The van der Waals surface area contributed by atoms with Crippen LogP contribution in [0.1, 0.15) is 18.5 Å². The number of hydrogen-bond acceptors (Lipinski definition) is 13. The Morgan fingerprint density at radius 2 is 1.33 bits per heavy atom. The van der Waals surface area contributed by atoms with Crippen LogP contribution in [0.3, 0.4) is 0 Å². The predicted molar refractivity (Wildman–Crippen MR) is 208 cm³/mol. The molecule has 0 saturated carbocycles. The maximum atomic E-state index is 15.0. The molecule has 3 aromatic heterocycles. The number of aromatic nitrogens is 5. The summed E-state index contributed by atoms with van der Waals surface area (Å²) < 4.78 is 53.3. The number of hydrogen-bond donors (Lipinski definition) is 1. The maximum absolute atomic E-state index is 15.0. The molecule has 2 fully saturated rings. The van der Waals surface area contributed by atoms with Gasteiger partial charge in [-0.05, 0) is 37.2 Å². The van der Waals surface area contributed by atoms with E-state index in [9.17, 15) is 23.2 Å². The zero-order valence-corrected chi connectivity index (χ0v) is 31.9. The highest BCUT2D eigenvalue weighted by molar-refractivity contribution is 5.84. The monoisotopic (exact) mass is 788 g/mol. The van der Waals surface area contributed by atoms with E-state index in [0.29, 0.717) is 105 Å². The molecule has 15 nitrogen and oxygen atoms in total. The molecule has 6 heterocycles. The fourth-order valence-corrected chi connectivity index (χ4v) is 7.25. The van der Waals surface area contributed by atoms with Gasteiger partial charge in [0.25, 0.3) is 11.1 Å². The summed E-state index contributed by atoms with van der Waals surface area (Å²) in [4.78, 5) is 52.5. The van der Waals surface area contributed by atoms with Crippen molar-refractivity contribution in [2.24, 2.45) is 0 Å². The Labute approximate surface area is 327 Å². The Morgan fingerprint density at radius 3 is 1.91 bits per heavy atom. The number of rotatable bonds is 11. The number of piperidine rings is 2. The number of benzene rings is 2. The first kappa shape index (κ1) is 39.7. The van der Waals surface area contributed by atoms with Crippen molar-refractivity contribution >= 4 is 27.9 Å². The van der Waals surface area contributed by atoms with Crippen LogP contribution in [-0.4, -0.2) is 125 Å². The number of likely N-dealkylation sites (tertiary alicyclic amines) is 2. The number of carbonyl (C=O) groups is 1. The van der Waals surface area contributed by atoms with Crippen molar-refractivity contribution in [3.63, 3.8) is 0 Å². The third-order valence-corrected chi connectivity index (χ3v) is 10.5. The van der Waals surface area contributed by atoms with Crippen LogP contribution < -0.4 is 35.4 Å². The van der Waals surface area contributed by atoms with Gasteiger partial charge in [-0.2, -0.15) is 0 Å². The average Bonchev–Trinajstić information content (AvgIpc) is 3.23. The topological polar surface area (TPSA) is 155 Å². The minimum absolute atomic E-state index is 0.0971. The third-order valence-electron chi connectivity index (χ3n) is 10.5. The van der Waals surface area contributed by atoms with Crippen molar-refractivity contribution in [1.29, 1.82) is 0 Å². The second-order valence-corrected chi connectivity index (χ2v) is 14.1. The summed E-state index contributed by atoms with van der Waals surface area (Å²) in [6.07, 6.45) is 2.72. The Morgan fingerprint density at radius 1 is 0.737 bits per heavy atom. The smallest absolute Gasteiger partial charge is 0.269 e. The lowest BCUT2D eigenvalue weighted by atomic mass is 10.0. The first-order valence-electron chi connectivity index (χ1n) is 19.0. The van der Waals surface area contributed by atoms with Crippen molar-refractivity contribution in [3.05, 3.63) is 87.5 Å². The van der Waals surface area contributed by atoms with Crippen LogP contribution >= 0.6 is 0 Å². The predicted octanol–water partition coefficient (Wildman–Crippen LogP) is 2.79. The Bertz CT molecular complexity index is 2320. The standard InChI is InChI=1S/C24H28FN5O4.C16H18FN3O3/c1-32-17-2-3-20-21(11-17)30(24(31)14-28-20)7-6-29-5-4-19(18(25)15-29)27-12-16-10-22-23(13-26-16)34-9-8-33-22;1-23-11-2-3-13-14(8-11)20(16(22)9-18-13)7-6-19-5-4-15(21)12(17)10-19/h2-3,10-11,13-14,18-19,27H,4-9,12,15H2,1H3;2-3,8-9,12H,4-7,10H2,1H3. The molecule has 2 aromatic carbocycles. The van der Waals surface area contributed by atoms with Crippen molar-refractivity contribution in [3.8, 4) is 23.0 Å². The number of carbonyl (C=O) groups excluding carboxylic acids is 1. The van der Waals surface area contributed by atoms with E-state index in [-0.39, 0.29) is 35.9 Å². The van der Waals surface area contributed by atoms with Crippen LogP contribution in [-0.2, 0) is 24.4 Å². The first-order valence-corrected chi connectivity index (χ1v) is 19.0. The molecule has 0 radical (unpaired) electrons. The van der Waals surface area contributed by atoms with Gasteiger partial charge in [0.15, 0.2) is 23.5 Å². The number of methoxy groups -OCH3 is 2. The zero-order valence-electron chi connectivity index (χ0n) is 31.9. The molecule has 1 N–H and O–H groups in total. The summed E-state index contributed by atoms with van der Waals surface area (Å²) >= 11 is 0. The van der Waals surface area contributed by atoms with E-state index < -0.39 is 12.3 Å². The molecular weight excluding hydrogens is 742 g/mol. The average molecular weight is 789 g/mol. The van der Waals surface area contributed by atoms with E-state index >= 15 is 0 Å². The summed E-state index contributed by atoms with van der Waals surface area (Å²) in [6.45, 7) is 5.13. The van der Waals surface area contributed by atoms with E-state index in [1.165, 1.54) is 12.4 Å². The number of alkyl halides is 2. The van der Waals surface area contributed by atoms with Crippen LogP contribution in [0, 0.1) is 0 Å². The van der Waals surface area contributed by atoms with Gasteiger partial charge in [0.2, 0.25) is 0 Å². The summed E-state index contributed by atoms with van der Waals surface area (Å²) in [6, 6.07) is 12.4. The lowest BCUT2D eigenvalue weighted by Crippen LogP contribution is -2.51. The molecule has 0 aliphatic carbocycles. The molecule has 3 aliphatic heterocycles. The quantitative estimate of drug-likeness (QED) is 0.209. The normalized spacial score (nSPS) is 19.9. The molecule has 0 bridgehead atoms. The number of halogens is 2. The molecule has 302 valence electrons. The van der Waals surface area contributed by atoms with Crippen LogP contribution in [0.5, 0.6) is 23.0 Å². The van der Waals surface area contributed by atoms with E-state index in [1.807, 2.05) is 29.2 Å². The molecule has 8 rings (SSSR count). The molecule has 57 heavy (non-hydrogen) atoms. The number of Topliss-reactive ketones (excluding diaryl/α,β-unsaturated/α-hetero) is 1. The Hall–Kier alpha value is -5.52. The van der Waals surface area contributed by atoms with Crippen molar-refractivity contribution in [2.75, 3.05) is 66.7 Å². The van der Waals surface area contributed by atoms with Gasteiger partial charge in [0.05, 0.1) is 60.6 Å². The third kappa shape index (κ3) is 9.55. The van der Waals surface area contributed by atoms with Crippen LogP contribution in [0.2, 0.25) is 0 Å². The molecule has 3 aliphatic rings. The van der Waals surface area contributed by atoms with E-state index in [2.05, 4.69) is 25.2 Å².